The van der Waals surface area contributed by atoms with E-state index in [1.807, 2.05) is 6.07 Å². The molecule has 1 saturated carbocycles. The molecule has 3 N–H and O–H groups in total. The van der Waals surface area contributed by atoms with Crippen molar-refractivity contribution in [3.05, 3.63) is 99.2 Å². The van der Waals surface area contributed by atoms with Crippen molar-refractivity contribution in [1.82, 2.24) is 10.3 Å². The average Bonchev–Trinajstić information content (AvgIpc) is 3.68. The van der Waals surface area contributed by atoms with Gasteiger partial charge in [-0.3, -0.25) is 14.7 Å². The number of carbonyl (C=O) groups excluding carboxylic acids is 2. The van der Waals surface area contributed by atoms with Crippen LogP contribution in [0, 0.1) is 11.6 Å². The molecular formula is C30H20ClF5N4O3. The maximum atomic E-state index is 14.3. The molecule has 0 spiro atoms. The first kappa shape index (κ1) is 27.5. The van der Waals surface area contributed by atoms with Crippen LogP contribution in [0.25, 0.3) is 10.9 Å². The van der Waals surface area contributed by atoms with Gasteiger partial charge in [0.15, 0.2) is 0 Å². The maximum Gasteiger partial charge on any atom is 0.423 e. The van der Waals surface area contributed by atoms with E-state index >= 15 is 0 Å². The van der Waals surface area contributed by atoms with Gasteiger partial charge in [-0.1, -0.05) is 17.7 Å². The largest absolute Gasteiger partial charge is 0.423 e. The number of aromatic nitrogens is 1. The molecule has 7 nitrogen and oxygen atoms in total. The second-order valence-corrected chi connectivity index (χ2v) is 11.3. The Bertz CT molecular complexity index is 1880. The minimum Gasteiger partial charge on any atom is -0.375 e. The van der Waals surface area contributed by atoms with Crippen LogP contribution in [0.1, 0.15) is 57.5 Å². The quantitative estimate of drug-likeness (QED) is 0.225. The molecule has 4 aromatic rings. The predicted molar refractivity (Wildman–Crippen MR) is 147 cm³/mol. The van der Waals surface area contributed by atoms with E-state index in [0.29, 0.717) is 21.9 Å². The Morgan fingerprint density at radius 3 is 2.51 bits per heavy atom. The molecule has 0 saturated heterocycles. The number of hydrogen-bond donors (Lipinski definition) is 3. The molecule has 3 heterocycles. The number of alkyl halides is 3. The summed E-state index contributed by atoms with van der Waals surface area (Å²) in [6, 6.07) is 8.93. The number of fused-ring (bicyclic) bond motifs is 4. The molecular weight excluding hydrogens is 595 g/mol. The number of nitrogens with one attached hydrogen (secondary N) is 2. The number of aliphatic hydroxyl groups is 1. The van der Waals surface area contributed by atoms with E-state index in [9.17, 15) is 36.6 Å². The predicted octanol–water partition coefficient (Wildman–Crippen LogP) is 6.68. The van der Waals surface area contributed by atoms with E-state index in [0.717, 1.165) is 42.8 Å². The van der Waals surface area contributed by atoms with Crippen molar-refractivity contribution in [2.24, 2.45) is 0 Å². The number of amides is 3. The van der Waals surface area contributed by atoms with Gasteiger partial charge in [0, 0.05) is 38.7 Å². The Kier molecular flexibility index (Phi) is 5.99. The van der Waals surface area contributed by atoms with Crippen LogP contribution in [0.4, 0.5) is 38.1 Å². The summed E-state index contributed by atoms with van der Waals surface area (Å²) in [7, 11) is 0. The fourth-order valence-electron chi connectivity index (χ4n) is 5.89. The Hall–Kier alpha value is -4.29. The fourth-order valence-corrected chi connectivity index (χ4v) is 6.11. The van der Waals surface area contributed by atoms with Crippen molar-refractivity contribution in [1.29, 1.82) is 0 Å². The standard InChI is InChI=1S/C30H20ClF5N4O3/c31-19-6-3-14(32)9-17(19)26-25-22(11-21-16(24(25)27(41)39-26)5-7-20(37-21)13-1-2-13)38-28(42)40-12-29(43,30(34,35)36)18-10-15(33)4-8-23(18)40/h3-11,13,26,43H,1-2,12H2,(H,38,42)(H,39,41). The molecule has 220 valence electrons. The lowest BCUT2D eigenvalue weighted by Crippen LogP contribution is -2.48. The highest BCUT2D eigenvalue weighted by Gasteiger charge is 2.61. The number of anilines is 2. The van der Waals surface area contributed by atoms with Crippen LogP contribution >= 0.6 is 11.6 Å². The van der Waals surface area contributed by atoms with Crippen LogP contribution in [0.2, 0.25) is 5.02 Å². The third-order valence-electron chi connectivity index (χ3n) is 8.15. The number of hydrogen-bond acceptors (Lipinski definition) is 4. The zero-order valence-corrected chi connectivity index (χ0v) is 22.7. The summed E-state index contributed by atoms with van der Waals surface area (Å²) in [6.07, 6.45) is -3.33. The molecule has 0 bridgehead atoms. The second kappa shape index (κ2) is 9.35. The van der Waals surface area contributed by atoms with Crippen molar-refractivity contribution in [3.63, 3.8) is 0 Å². The smallest absolute Gasteiger partial charge is 0.375 e. The summed E-state index contributed by atoms with van der Waals surface area (Å²) in [6.45, 7) is -1.24. The number of urea groups is 1. The van der Waals surface area contributed by atoms with Crippen molar-refractivity contribution in [2.45, 2.75) is 36.6 Å². The first-order chi connectivity index (χ1) is 20.4. The number of benzene rings is 3. The van der Waals surface area contributed by atoms with Gasteiger partial charge in [-0.05, 0) is 61.4 Å². The van der Waals surface area contributed by atoms with Crippen LogP contribution in [0.3, 0.4) is 0 Å². The third kappa shape index (κ3) is 4.30. The highest BCUT2D eigenvalue weighted by atomic mass is 35.5. The number of carbonyl (C=O) groups is 2. The molecule has 1 aliphatic carbocycles. The summed E-state index contributed by atoms with van der Waals surface area (Å²) < 4.78 is 70.3. The van der Waals surface area contributed by atoms with E-state index in [-0.39, 0.29) is 39.0 Å². The topological polar surface area (TPSA) is 94.6 Å². The monoisotopic (exact) mass is 614 g/mol. The lowest BCUT2D eigenvalue weighted by molar-refractivity contribution is -0.258. The van der Waals surface area contributed by atoms with Gasteiger partial charge in [0.2, 0.25) is 5.60 Å². The molecule has 13 heteroatoms. The molecule has 3 aliphatic rings. The molecule has 43 heavy (non-hydrogen) atoms. The van der Waals surface area contributed by atoms with Crippen LogP contribution in [0.15, 0.2) is 54.6 Å². The van der Waals surface area contributed by atoms with Crippen molar-refractivity contribution in [2.75, 3.05) is 16.8 Å². The average molecular weight is 615 g/mol. The van der Waals surface area contributed by atoms with E-state index < -0.39 is 53.5 Å². The van der Waals surface area contributed by atoms with Gasteiger partial charge < -0.3 is 15.7 Å². The number of pyridine rings is 1. The van der Waals surface area contributed by atoms with Gasteiger partial charge >= 0.3 is 12.2 Å². The zero-order chi connectivity index (χ0) is 30.4. The molecule has 2 aliphatic heterocycles. The molecule has 0 radical (unpaired) electrons. The van der Waals surface area contributed by atoms with Crippen molar-refractivity contribution < 1.29 is 36.6 Å². The summed E-state index contributed by atoms with van der Waals surface area (Å²) in [5.74, 6) is -1.94. The zero-order valence-electron chi connectivity index (χ0n) is 21.9. The molecule has 1 aromatic heterocycles. The van der Waals surface area contributed by atoms with Gasteiger partial charge in [0.05, 0.1) is 35.0 Å². The van der Waals surface area contributed by atoms with E-state index in [4.69, 9.17) is 11.6 Å². The molecule has 1 fully saturated rings. The number of halogens is 6. The molecule has 2 unspecified atom stereocenters. The minimum atomic E-state index is -5.23. The molecule has 3 amide bonds. The Morgan fingerprint density at radius 1 is 1.07 bits per heavy atom. The SMILES string of the molecule is O=C1NC(c2cc(F)ccc2Cl)c2c(NC(=O)N3CC(O)(C(F)(F)F)c4cc(F)ccc43)cc3nc(C4CC4)ccc3c21. The molecule has 7 rings (SSSR count). The first-order valence-corrected chi connectivity index (χ1v) is 13.6. The Morgan fingerprint density at radius 2 is 1.79 bits per heavy atom. The maximum absolute atomic E-state index is 14.3. The molecule has 2 atom stereocenters. The summed E-state index contributed by atoms with van der Waals surface area (Å²) in [4.78, 5) is 32.4. The van der Waals surface area contributed by atoms with Gasteiger partial charge in [-0.25, -0.2) is 13.6 Å². The van der Waals surface area contributed by atoms with Gasteiger partial charge in [-0.2, -0.15) is 13.2 Å². The third-order valence-corrected chi connectivity index (χ3v) is 8.49. The lowest BCUT2D eigenvalue weighted by Gasteiger charge is -2.27. The fraction of sp³-hybridized carbons (Fsp3) is 0.233. The highest BCUT2D eigenvalue weighted by Crippen LogP contribution is 2.49. The van der Waals surface area contributed by atoms with Gasteiger partial charge in [0.25, 0.3) is 5.91 Å². The summed E-state index contributed by atoms with van der Waals surface area (Å²) >= 11 is 6.39. The van der Waals surface area contributed by atoms with E-state index in [1.54, 1.807) is 6.07 Å². The number of β-amino-alcohol motifs (C(OH)–C–C–N with tert-alkyl or cyclic N) is 1. The van der Waals surface area contributed by atoms with Crippen LogP contribution in [-0.4, -0.2) is 34.7 Å². The van der Waals surface area contributed by atoms with Gasteiger partial charge in [0.1, 0.15) is 11.6 Å². The lowest BCUT2D eigenvalue weighted by atomic mass is 9.93. The van der Waals surface area contributed by atoms with Crippen molar-refractivity contribution >= 4 is 45.8 Å². The summed E-state index contributed by atoms with van der Waals surface area (Å²) in [5.41, 5.74) is -2.97. The van der Waals surface area contributed by atoms with Crippen LogP contribution in [0.5, 0.6) is 0 Å². The number of nitrogens with zero attached hydrogens (tertiary/aromatic N) is 2. The van der Waals surface area contributed by atoms with E-state index in [1.165, 1.54) is 12.1 Å². The Labute approximate surface area is 245 Å². The highest BCUT2D eigenvalue weighted by molar-refractivity contribution is 6.31. The first-order valence-electron chi connectivity index (χ1n) is 13.3. The van der Waals surface area contributed by atoms with Gasteiger partial charge in [-0.15, -0.1) is 0 Å². The van der Waals surface area contributed by atoms with Crippen molar-refractivity contribution in [3.8, 4) is 0 Å². The second-order valence-electron chi connectivity index (χ2n) is 10.9. The Balaban J connectivity index is 1.37. The minimum absolute atomic E-state index is 0.0164. The van der Waals surface area contributed by atoms with Crippen LogP contribution in [-0.2, 0) is 5.60 Å². The van der Waals surface area contributed by atoms with E-state index in [2.05, 4.69) is 15.6 Å². The summed E-state index contributed by atoms with van der Waals surface area (Å²) in [5, 5.41) is 16.6. The number of rotatable bonds is 3. The van der Waals surface area contributed by atoms with Crippen LogP contribution < -0.4 is 15.5 Å². The normalized spacial score (nSPS) is 21.1. The molecule has 3 aromatic carbocycles.